The lowest BCUT2D eigenvalue weighted by Gasteiger charge is -2.43. The molecule has 7 heteroatoms. The van der Waals surface area contributed by atoms with Crippen LogP contribution in [0, 0.1) is 5.41 Å². The van der Waals surface area contributed by atoms with Gasteiger partial charge in [-0.05, 0) is 26.2 Å². The van der Waals surface area contributed by atoms with Gasteiger partial charge in [-0.25, -0.2) is 4.79 Å². The molecule has 1 aromatic heterocycles. The van der Waals surface area contributed by atoms with Crippen molar-refractivity contribution in [1.82, 2.24) is 15.1 Å². The Morgan fingerprint density at radius 3 is 2.05 bits per heavy atom. The number of nitrogens with two attached hydrogens (primary N) is 1. The molecule has 0 saturated carbocycles. The number of hydrogen-bond acceptors (Lipinski definition) is 5. The van der Waals surface area contributed by atoms with Crippen LogP contribution in [-0.2, 0) is 0 Å². The molecular formula is C12H22N4O3. The molecule has 0 unspecified atom stereocenters. The highest BCUT2D eigenvalue weighted by atomic mass is 16.4. The van der Waals surface area contributed by atoms with Crippen LogP contribution >= 0.6 is 0 Å². The topological polar surface area (TPSA) is 105 Å². The summed E-state index contributed by atoms with van der Waals surface area (Å²) in [6, 6.07) is -0.640. The largest absolute Gasteiger partial charge is 0.465 e. The average Bonchev–Trinajstić information content (AvgIpc) is 2.55. The van der Waals surface area contributed by atoms with Crippen LogP contribution in [0.2, 0.25) is 0 Å². The highest BCUT2D eigenvalue weighted by Gasteiger charge is 2.43. The van der Waals surface area contributed by atoms with Gasteiger partial charge in [0, 0.05) is 5.54 Å². The van der Waals surface area contributed by atoms with Crippen molar-refractivity contribution in [2.75, 3.05) is 5.73 Å². The molecule has 0 radical (unpaired) electrons. The van der Waals surface area contributed by atoms with E-state index in [4.69, 9.17) is 10.2 Å². The number of aromatic nitrogens is 2. The fourth-order valence-corrected chi connectivity index (χ4v) is 2.01. The molecule has 19 heavy (non-hydrogen) atoms. The van der Waals surface area contributed by atoms with Gasteiger partial charge in [0.05, 0.1) is 0 Å². The Morgan fingerprint density at radius 2 is 1.79 bits per heavy atom. The van der Waals surface area contributed by atoms with Crippen molar-refractivity contribution in [3.63, 3.8) is 0 Å². The summed E-state index contributed by atoms with van der Waals surface area (Å²) in [7, 11) is 0. The molecule has 0 saturated heterocycles. The van der Waals surface area contributed by atoms with Gasteiger partial charge in [-0.15, -0.1) is 5.10 Å². The molecule has 3 N–H and O–H groups in total. The summed E-state index contributed by atoms with van der Waals surface area (Å²) in [4.78, 5) is 12.9. The van der Waals surface area contributed by atoms with Gasteiger partial charge in [0.1, 0.15) is 6.04 Å². The van der Waals surface area contributed by atoms with Crippen molar-refractivity contribution in [2.45, 2.75) is 53.1 Å². The number of rotatable bonds is 2. The lowest BCUT2D eigenvalue weighted by molar-refractivity contribution is 0.0155. The first kappa shape index (κ1) is 15.3. The third kappa shape index (κ3) is 3.36. The fourth-order valence-electron chi connectivity index (χ4n) is 2.01. The highest BCUT2D eigenvalue weighted by molar-refractivity contribution is 5.66. The Morgan fingerprint density at radius 1 is 1.26 bits per heavy atom. The number of nitrogens with zero attached hydrogens (tertiary/aromatic N) is 3. The van der Waals surface area contributed by atoms with E-state index < -0.39 is 23.1 Å². The third-order valence-corrected chi connectivity index (χ3v) is 2.70. The van der Waals surface area contributed by atoms with Crippen LogP contribution in [0.25, 0.3) is 0 Å². The number of nitrogen functional groups attached to an aromatic ring is 1. The number of amides is 1. The average molecular weight is 270 g/mol. The number of carboxylic acid groups (broad SMARTS) is 1. The van der Waals surface area contributed by atoms with Crippen LogP contribution in [0.5, 0.6) is 0 Å². The second kappa shape index (κ2) is 4.71. The van der Waals surface area contributed by atoms with E-state index >= 15 is 0 Å². The van der Waals surface area contributed by atoms with Crippen molar-refractivity contribution in [3.05, 3.63) is 5.89 Å². The summed E-state index contributed by atoms with van der Waals surface area (Å²) < 4.78 is 5.25. The maximum atomic E-state index is 11.6. The summed E-state index contributed by atoms with van der Waals surface area (Å²) in [5.41, 5.74) is 4.42. The van der Waals surface area contributed by atoms with E-state index in [1.807, 2.05) is 41.5 Å². The standard InChI is InChI=1S/C12H22N4O3/c1-11(2,3)7(8-14-15-9(13)19-8)16(10(17)18)12(4,5)6/h7H,1-6H3,(H2,13,15)(H,17,18)/t7-/m1/s1. The molecule has 108 valence electrons. The Labute approximate surface area is 112 Å². The van der Waals surface area contributed by atoms with E-state index in [-0.39, 0.29) is 11.9 Å². The van der Waals surface area contributed by atoms with E-state index in [2.05, 4.69) is 10.2 Å². The molecular weight excluding hydrogens is 248 g/mol. The van der Waals surface area contributed by atoms with Gasteiger partial charge in [0.25, 0.3) is 0 Å². The minimum absolute atomic E-state index is 0.0662. The molecule has 0 aliphatic carbocycles. The van der Waals surface area contributed by atoms with Crippen molar-refractivity contribution < 1.29 is 14.3 Å². The van der Waals surface area contributed by atoms with E-state index in [1.54, 1.807) is 0 Å². The Balaban J connectivity index is 3.35. The molecule has 0 aliphatic heterocycles. The van der Waals surface area contributed by atoms with Crippen LogP contribution in [0.3, 0.4) is 0 Å². The van der Waals surface area contributed by atoms with Crippen LogP contribution in [0.4, 0.5) is 10.8 Å². The van der Waals surface area contributed by atoms with Crippen molar-refractivity contribution in [2.24, 2.45) is 5.41 Å². The molecule has 7 nitrogen and oxygen atoms in total. The van der Waals surface area contributed by atoms with Gasteiger partial charge in [0.2, 0.25) is 5.89 Å². The van der Waals surface area contributed by atoms with Crippen LogP contribution < -0.4 is 5.73 Å². The molecule has 0 spiro atoms. The summed E-state index contributed by atoms with van der Waals surface area (Å²) in [6.45, 7) is 11.2. The smallest absolute Gasteiger partial charge is 0.408 e. The highest BCUT2D eigenvalue weighted by Crippen LogP contribution is 2.41. The predicted octanol–water partition coefficient (Wildman–Crippen LogP) is 2.52. The minimum Gasteiger partial charge on any atom is -0.465 e. The van der Waals surface area contributed by atoms with E-state index in [0.717, 1.165) is 0 Å². The van der Waals surface area contributed by atoms with E-state index in [9.17, 15) is 9.90 Å². The molecule has 0 bridgehead atoms. The molecule has 0 aromatic carbocycles. The molecule has 0 fully saturated rings. The zero-order valence-electron chi connectivity index (χ0n) is 12.3. The maximum absolute atomic E-state index is 11.6. The lowest BCUT2D eigenvalue weighted by atomic mass is 9.83. The first-order valence-corrected chi connectivity index (χ1v) is 6.05. The third-order valence-electron chi connectivity index (χ3n) is 2.70. The Bertz CT molecular complexity index is 456. The quantitative estimate of drug-likeness (QED) is 0.855. The van der Waals surface area contributed by atoms with Crippen molar-refractivity contribution >= 4 is 12.1 Å². The predicted molar refractivity (Wildman–Crippen MR) is 70.5 cm³/mol. The monoisotopic (exact) mass is 270 g/mol. The SMILES string of the molecule is CC(C)(C)[C@@H](c1nnc(N)o1)N(C(=O)O)C(C)(C)C. The van der Waals surface area contributed by atoms with Gasteiger partial charge < -0.3 is 15.3 Å². The van der Waals surface area contributed by atoms with Crippen LogP contribution in [0.15, 0.2) is 4.42 Å². The molecule has 1 aromatic rings. The number of hydrogen-bond donors (Lipinski definition) is 2. The molecule has 1 rings (SSSR count). The Hall–Kier alpha value is -1.79. The zero-order valence-corrected chi connectivity index (χ0v) is 12.3. The second-order valence-corrected chi connectivity index (χ2v) is 6.57. The van der Waals surface area contributed by atoms with Crippen LogP contribution in [0.1, 0.15) is 53.5 Å². The number of carbonyl (C=O) groups is 1. The van der Waals surface area contributed by atoms with Crippen molar-refractivity contribution in [3.8, 4) is 0 Å². The van der Waals surface area contributed by atoms with Gasteiger partial charge >= 0.3 is 12.1 Å². The zero-order chi connectivity index (χ0) is 15.0. The maximum Gasteiger partial charge on any atom is 0.408 e. The molecule has 1 heterocycles. The number of anilines is 1. The summed E-state index contributed by atoms with van der Waals surface area (Å²) in [5, 5.41) is 17.0. The second-order valence-electron chi connectivity index (χ2n) is 6.57. The lowest BCUT2D eigenvalue weighted by Crippen LogP contribution is -2.51. The van der Waals surface area contributed by atoms with Crippen LogP contribution in [-0.4, -0.2) is 31.8 Å². The van der Waals surface area contributed by atoms with Gasteiger partial charge in [-0.3, -0.25) is 4.90 Å². The molecule has 1 amide bonds. The molecule has 1 atom stereocenters. The Kier molecular flexibility index (Phi) is 3.79. The van der Waals surface area contributed by atoms with E-state index in [1.165, 1.54) is 4.90 Å². The van der Waals surface area contributed by atoms with Gasteiger partial charge in [0.15, 0.2) is 0 Å². The summed E-state index contributed by atoms with van der Waals surface area (Å²) >= 11 is 0. The fraction of sp³-hybridized carbons (Fsp3) is 0.750. The van der Waals surface area contributed by atoms with Crippen molar-refractivity contribution in [1.29, 1.82) is 0 Å². The first-order valence-electron chi connectivity index (χ1n) is 6.05. The summed E-state index contributed by atoms with van der Waals surface area (Å²) in [5.74, 6) is 0.210. The van der Waals surface area contributed by atoms with Gasteiger partial charge in [-0.2, -0.15) is 0 Å². The van der Waals surface area contributed by atoms with E-state index in [0.29, 0.717) is 0 Å². The summed E-state index contributed by atoms with van der Waals surface area (Å²) in [6.07, 6.45) is -1.04. The minimum atomic E-state index is -1.04. The normalized spacial score (nSPS) is 14.2. The van der Waals surface area contributed by atoms with Gasteiger partial charge in [-0.1, -0.05) is 25.9 Å². The first-order chi connectivity index (χ1) is 8.44. The molecule has 0 aliphatic rings.